The number of hydrogen-bond donors (Lipinski definition) is 0. The quantitative estimate of drug-likeness (QED) is 0.353. The fraction of sp³-hybridized carbons (Fsp3) is 0. The van der Waals surface area contributed by atoms with Crippen LogP contribution in [-0.2, 0) is 9.53 Å². The van der Waals surface area contributed by atoms with Gasteiger partial charge in [0.25, 0.3) is 5.69 Å². The maximum atomic E-state index is 11.9. The third-order valence-corrected chi connectivity index (χ3v) is 3.76. The van der Waals surface area contributed by atoms with Gasteiger partial charge in [-0.05, 0) is 35.9 Å². The predicted molar refractivity (Wildman–Crippen MR) is 90.2 cm³/mol. The Balaban J connectivity index is 1.92. The van der Waals surface area contributed by atoms with E-state index in [9.17, 15) is 14.9 Å². The molecule has 1 aliphatic heterocycles. The highest BCUT2D eigenvalue weighted by molar-refractivity contribution is 6.35. The van der Waals surface area contributed by atoms with Crippen LogP contribution < -0.4 is 0 Å². The summed E-state index contributed by atoms with van der Waals surface area (Å²) in [6.45, 7) is 0. The summed E-state index contributed by atoms with van der Waals surface area (Å²) in [7, 11) is 0. The van der Waals surface area contributed by atoms with Crippen LogP contribution in [0, 0.1) is 10.1 Å². The summed E-state index contributed by atoms with van der Waals surface area (Å²) in [5.41, 5.74) is 1.04. The van der Waals surface area contributed by atoms with Crippen LogP contribution in [0.1, 0.15) is 11.1 Å². The van der Waals surface area contributed by atoms with Crippen LogP contribution in [0.4, 0.5) is 5.69 Å². The van der Waals surface area contributed by atoms with E-state index in [1.165, 1.54) is 30.3 Å². The number of carbonyl (C=O) groups is 1. The van der Waals surface area contributed by atoms with Gasteiger partial charge < -0.3 is 4.74 Å². The molecule has 0 bridgehead atoms. The van der Waals surface area contributed by atoms with Crippen molar-refractivity contribution in [1.29, 1.82) is 0 Å². The molecule has 0 unspecified atom stereocenters. The fourth-order valence-corrected chi connectivity index (χ4v) is 2.49. The SMILES string of the molecule is O=C1OC(c2ccc([N+](=O)[O-])cc2)=NC1=Cc1ccc(Cl)cc1Cl. The zero-order chi connectivity index (χ0) is 17.3. The van der Waals surface area contributed by atoms with Gasteiger partial charge in [0, 0.05) is 27.7 Å². The highest BCUT2D eigenvalue weighted by atomic mass is 35.5. The van der Waals surface area contributed by atoms with E-state index >= 15 is 0 Å². The van der Waals surface area contributed by atoms with Crippen molar-refractivity contribution in [3.63, 3.8) is 0 Å². The Labute approximate surface area is 146 Å². The number of rotatable bonds is 3. The van der Waals surface area contributed by atoms with Crippen LogP contribution in [0.5, 0.6) is 0 Å². The molecule has 1 heterocycles. The molecule has 1 aliphatic rings. The van der Waals surface area contributed by atoms with E-state index in [1.807, 2.05) is 0 Å². The van der Waals surface area contributed by atoms with Crippen molar-refractivity contribution in [3.8, 4) is 0 Å². The first-order chi connectivity index (χ1) is 11.4. The normalized spacial score (nSPS) is 15.3. The number of aliphatic imine (C=N–C) groups is 1. The summed E-state index contributed by atoms with van der Waals surface area (Å²) < 4.78 is 5.10. The van der Waals surface area contributed by atoms with E-state index in [0.717, 1.165) is 0 Å². The zero-order valence-electron chi connectivity index (χ0n) is 11.9. The molecule has 0 amide bonds. The van der Waals surface area contributed by atoms with Crippen LogP contribution >= 0.6 is 23.2 Å². The van der Waals surface area contributed by atoms with Crippen LogP contribution in [-0.4, -0.2) is 16.8 Å². The third kappa shape index (κ3) is 3.29. The van der Waals surface area contributed by atoms with Gasteiger partial charge >= 0.3 is 5.97 Å². The Kier molecular flexibility index (Phi) is 4.33. The van der Waals surface area contributed by atoms with Crippen LogP contribution in [0.3, 0.4) is 0 Å². The molecule has 0 atom stereocenters. The fourth-order valence-electron chi connectivity index (χ4n) is 2.02. The molecule has 6 nitrogen and oxygen atoms in total. The molecule has 2 aromatic carbocycles. The van der Waals surface area contributed by atoms with Crippen molar-refractivity contribution in [1.82, 2.24) is 0 Å². The van der Waals surface area contributed by atoms with Crippen molar-refractivity contribution in [2.75, 3.05) is 0 Å². The number of nitro groups is 1. The molecule has 0 saturated heterocycles. The third-order valence-electron chi connectivity index (χ3n) is 3.20. The van der Waals surface area contributed by atoms with Crippen molar-refractivity contribution in [2.45, 2.75) is 0 Å². The van der Waals surface area contributed by atoms with Gasteiger partial charge in [-0.3, -0.25) is 10.1 Å². The Bertz CT molecular complexity index is 905. The second-order valence-electron chi connectivity index (χ2n) is 4.81. The molecule has 24 heavy (non-hydrogen) atoms. The summed E-state index contributed by atoms with van der Waals surface area (Å²) in [6.07, 6.45) is 1.49. The number of non-ortho nitro benzene ring substituents is 1. The first-order valence-corrected chi connectivity index (χ1v) is 7.42. The first-order valence-electron chi connectivity index (χ1n) is 6.66. The minimum atomic E-state index is -0.630. The second-order valence-corrected chi connectivity index (χ2v) is 5.65. The number of halogens is 2. The lowest BCUT2D eigenvalue weighted by Gasteiger charge is -1.99. The molecule has 0 fully saturated rings. The van der Waals surface area contributed by atoms with Gasteiger partial charge in [0.1, 0.15) is 0 Å². The molecule has 0 aromatic heterocycles. The van der Waals surface area contributed by atoms with E-state index in [2.05, 4.69) is 4.99 Å². The molecule has 0 radical (unpaired) electrons. The number of carbonyl (C=O) groups excluding carboxylic acids is 1. The molecule has 8 heteroatoms. The molecular formula is C16H8Cl2N2O4. The lowest BCUT2D eigenvalue weighted by atomic mass is 10.2. The zero-order valence-corrected chi connectivity index (χ0v) is 13.4. The van der Waals surface area contributed by atoms with Gasteiger partial charge in [0.2, 0.25) is 5.90 Å². The molecule has 120 valence electrons. The van der Waals surface area contributed by atoms with E-state index in [-0.39, 0.29) is 17.3 Å². The van der Waals surface area contributed by atoms with Crippen LogP contribution in [0.25, 0.3) is 6.08 Å². The average molecular weight is 363 g/mol. The van der Waals surface area contributed by atoms with Crippen LogP contribution in [0.15, 0.2) is 53.2 Å². The lowest BCUT2D eigenvalue weighted by molar-refractivity contribution is -0.384. The highest BCUT2D eigenvalue weighted by Crippen LogP contribution is 2.26. The van der Waals surface area contributed by atoms with Crippen molar-refractivity contribution in [2.24, 2.45) is 4.99 Å². The minimum absolute atomic E-state index is 0.0626. The largest absolute Gasteiger partial charge is 0.402 e. The maximum Gasteiger partial charge on any atom is 0.363 e. The second kappa shape index (κ2) is 6.43. The number of esters is 1. The van der Waals surface area contributed by atoms with Crippen molar-refractivity contribution in [3.05, 3.63) is 79.4 Å². The molecule has 2 aromatic rings. The summed E-state index contributed by atoms with van der Waals surface area (Å²) in [5.74, 6) is -0.555. The van der Waals surface area contributed by atoms with Gasteiger partial charge in [-0.25, -0.2) is 9.79 Å². The molecule has 0 spiro atoms. The smallest absolute Gasteiger partial charge is 0.363 e. The summed E-state index contributed by atoms with van der Waals surface area (Å²) >= 11 is 11.9. The highest BCUT2D eigenvalue weighted by Gasteiger charge is 2.24. The van der Waals surface area contributed by atoms with E-state index in [0.29, 0.717) is 21.2 Å². The van der Waals surface area contributed by atoms with Gasteiger partial charge in [-0.1, -0.05) is 29.3 Å². The summed E-state index contributed by atoms with van der Waals surface area (Å²) in [6, 6.07) is 10.4. The van der Waals surface area contributed by atoms with Crippen molar-refractivity contribution < 1.29 is 14.5 Å². The van der Waals surface area contributed by atoms with Gasteiger partial charge in [0.05, 0.1) is 4.92 Å². The monoisotopic (exact) mass is 362 g/mol. The van der Waals surface area contributed by atoms with Gasteiger partial charge in [0.15, 0.2) is 5.70 Å². The number of nitro benzene ring substituents is 1. The average Bonchev–Trinajstić information content (AvgIpc) is 2.91. The van der Waals surface area contributed by atoms with E-state index < -0.39 is 10.9 Å². The summed E-state index contributed by atoms with van der Waals surface area (Å²) in [4.78, 5) is 26.2. The van der Waals surface area contributed by atoms with Crippen LogP contribution in [0.2, 0.25) is 10.0 Å². The Hall–Kier alpha value is -2.70. The number of cyclic esters (lactones) is 1. The number of ether oxygens (including phenoxy) is 1. The first kappa shape index (κ1) is 16.2. The van der Waals surface area contributed by atoms with E-state index in [4.69, 9.17) is 27.9 Å². The standard InChI is InChI=1S/C16H8Cl2N2O4/c17-11-4-1-10(13(18)8-11)7-14-16(21)24-15(19-14)9-2-5-12(6-3-9)20(22)23/h1-8H. The predicted octanol–water partition coefficient (Wildman–Crippen LogP) is 4.25. The Morgan fingerprint density at radius 1 is 1.12 bits per heavy atom. The molecule has 0 N–H and O–H groups in total. The topological polar surface area (TPSA) is 81.8 Å². The lowest BCUT2D eigenvalue weighted by Crippen LogP contribution is -2.05. The minimum Gasteiger partial charge on any atom is -0.402 e. The van der Waals surface area contributed by atoms with E-state index in [1.54, 1.807) is 18.2 Å². The molecule has 0 aliphatic carbocycles. The van der Waals surface area contributed by atoms with Gasteiger partial charge in [-0.2, -0.15) is 0 Å². The maximum absolute atomic E-state index is 11.9. The summed E-state index contributed by atoms with van der Waals surface area (Å²) in [5, 5.41) is 11.5. The number of hydrogen-bond acceptors (Lipinski definition) is 5. The Morgan fingerprint density at radius 3 is 2.46 bits per heavy atom. The molecule has 0 saturated carbocycles. The van der Waals surface area contributed by atoms with Gasteiger partial charge in [-0.15, -0.1) is 0 Å². The molecule has 3 rings (SSSR count). The molecular weight excluding hydrogens is 355 g/mol. The number of nitrogens with zero attached hydrogens (tertiary/aromatic N) is 2. The van der Waals surface area contributed by atoms with Crippen molar-refractivity contribution >= 4 is 46.8 Å². The number of benzene rings is 2. The Morgan fingerprint density at radius 2 is 1.83 bits per heavy atom.